The van der Waals surface area contributed by atoms with Crippen LogP contribution < -0.4 is 10.6 Å². The van der Waals surface area contributed by atoms with E-state index in [0.717, 1.165) is 31.6 Å². The zero-order valence-corrected chi connectivity index (χ0v) is 11.1. The highest BCUT2D eigenvalue weighted by Gasteiger charge is 2.30. The first-order valence-corrected chi connectivity index (χ1v) is 5.20. The fourth-order valence-corrected chi connectivity index (χ4v) is 1.80. The van der Waals surface area contributed by atoms with Crippen molar-refractivity contribution in [3.8, 4) is 0 Å². The standard InChI is InChI=1S/C11H13F3N2.2ClH/c12-11(13,14)8-2-1-3-9(6-8)16-10-4-5-15-7-10;;/h1-3,6,10,15-16H,4-5,7H2;2*1H. The molecule has 1 aromatic rings. The monoisotopic (exact) mass is 302 g/mol. The molecule has 0 saturated carbocycles. The number of benzene rings is 1. The predicted octanol–water partition coefficient (Wildman–Crippen LogP) is 3.32. The Balaban J connectivity index is 0.00000144. The van der Waals surface area contributed by atoms with E-state index in [1.165, 1.54) is 6.07 Å². The van der Waals surface area contributed by atoms with Gasteiger partial charge >= 0.3 is 6.18 Å². The highest BCUT2D eigenvalue weighted by Crippen LogP contribution is 2.30. The summed E-state index contributed by atoms with van der Waals surface area (Å²) in [7, 11) is 0. The van der Waals surface area contributed by atoms with Crippen molar-refractivity contribution < 1.29 is 13.2 Å². The van der Waals surface area contributed by atoms with Crippen LogP contribution >= 0.6 is 24.8 Å². The van der Waals surface area contributed by atoms with Gasteiger partial charge in [-0.05, 0) is 31.2 Å². The summed E-state index contributed by atoms with van der Waals surface area (Å²) in [5.41, 5.74) is -0.0769. The van der Waals surface area contributed by atoms with E-state index in [0.29, 0.717) is 5.69 Å². The maximum Gasteiger partial charge on any atom is 0.416 e. The Hall–Kier alpha value is -0.650. The van der Waals surface area contributed by atoms with Crippen molar-refractivity contribution in [2.45, 2.75) is 18.6 Å². The van der Waals surface area contributed by atoms with Gasteiger partial charge in [0.2, 0.25) is 0 Å². The summed E-state index contributed by atoms with van der Waals surface area (Å²) >= 11 is 0. The Morgan fingerprint density at radius 3 is 2.50 bits per heavy atom. The summed E-state index contributed by atoms with van der Waals surface area (Å²) in [6.45, 7) is 1.72. The molecule has 2 nitrogen and oxygen atoms in total. The smallest absolute Gasteiger partial charge is 0.381 e. The van der Waals surface area contributed by atoms with Gasteiger partial charge in [0.05, 0.1) is 5.56 Å². The first-order chi connectivity index (χ1) is 7.55. The lowest BCUT2D eigenvalue weighted by Gasteiger charge is -2.14. The molecule has 2 rings (SSSR count). The molecule has 0 radical (unpaired) electrons. The van der Waals surface area contributed by atoms with Gasteiger partial charge in [0.15, 0.2) is 0 Å². The predicted molar refractivity (Wildman–Crippen MR) is 70.8 cm³/mol. The van der Waals surface area contributed by atoms with Crippen molar-refractivity contribution in [2.24, 2.45) is 0 Å². The normalized spacial score (nSPS) is 18.7. The summed E-state index contributed by atoms with van der Waals surface area (Å²) in [6.07, 6.45) is -3.33. The zero-order chi connectivity index (χ0) is 11.6. The van der Waals surface area contributed by atoms with Crippen LogP contribution in [0, 0.1) is 0 Å². The molecule has 1 saturated heterocycles. The molecule has 1 atom stereocenters. The van der Waals surface area contributed by atoms with Crippen LogP contribution in [0.25, 0.3) is 0 Å². The molecule has 0 spiro atoms. The Morgan fingerprint density at radius 1 is 1.22 bits per heavy atom. The van der Waals surface area contributed by atoms with Crippen LogP contribution in [0.4, 0.5) is 18.9 Å². The molecular formula is C11H15Cl2F3N2. The number of nitrogens with one attached hydrogen (secondary N) is 2. The minimum atomic E-state index is -4.27. The van der Waals surface area contributed by atoms with E-state index in [4.69, 9.17) is 0 Å². The highest BCUT2D eigenvalue weighted by molar-refractivity contribution is 5.85. The summed E-state index contributed by atoms with van der Waals surface area (Å²) < 4.78 is 37.3. The van der Waals surface area contributed by atoms with Gasteiger partial charge in [-0.15, -0.1) is 24.8 Å². The number of anilines is 1. The molecule has 1 unspecified atom stereocenters. The van der Waals surface area contributed by atoms with Gasteiger partial charge in [0.1, 0.15) is 0 Å². The Bertz CT molecular complexity index is 366. The van der Waals surface area contributed by atoms with E-state index < -0.39 is 11.7 Å². The van der Waals surface area contributed by atoms with Gasteiger partial charge in [-0.25, -0.2) is 0 Å². The molecule has 1 aliphatic heterocycles. The van der Waals surface area contributed by atoms with Crippen LogP contribution in [0.2, 0.25) is 0 Å². The molecule has 104 valence electrons. The summed E-state index contributed by atoms with van der Waals surface area (Å²) in [4.78, 5) is 0. The van der Waals surface area contributed by atoms with E-state index in [9.17, 15) is 13.2 Å². The average Bonchev–Trinajstić information content (AvgIpc) is 2.70. The SMILES string of the molecule is Cl.Cl.FC(F)(F)c1cccc(NC2CCNC2)c1. The minimum absolute atomic E-state index is 0. The van der Waals surface area contributed by atoms with Crippen LogP contribution in [0.1, 0.15) is 12.0 Å². The maximum absolute atomic E-state index is 12.4. The molecule has 7 heteroatoms. The van der Waals surface area contributed by atoms with Crippen molar-refractivity contribution in [2.75, 3.05) is 18.4 Å². The van der Waals surface area contributed by atoms with Crippen molar-refractivity contribution in [3.63, 3.8) is 0 Å². The lowest BCUT2D eigenvalue weighted by molar-refractivity contribution is -0.137. The summed E-state index contributed by atoms with van der Waals surface area (Å²) in [5.74, 6) is 0. The quantitative estimate of drug-likeness (QED) is 0.876. The third kappa shape index (κ3) is 4.55. The van der Waals surface area contributed by atoms with Crippen molar-refractivity contribution >= 4 is 30.5 Å². The Morgan fingerprint density at radius 2 is 1.94 bits per heavy atom. The largest absolute Gasteiger partial charge is 0.416 e. The lowest BCUT2D eigenvalue weighted by Crippen LogP contribution is -2.22. The van der Waals surface area contributed by atoms with Crippen molar-refractivity contribution in [1.29, 1.82) is 0 Å². The van der Waals surface area contributed by atoms with E-state index >= 15 is 0 Å². The second-order valence-electron chi connectivity index (χ2n) is 3.91. The van der Waals surface area contributed by atoms with E-state index in [2.05, 4.69) is 10.6 Å². The average molecular weight is 303 g/mol. The number of hydrogen-bond acceptors (Lipinski definition) is 2. The fourth-order valence-electron chi connectivity index (χ4n) is 1.80. The third-order valence-electron chi connectivity index (χ3n) is 2.62. The summed E-state index contributed by atoms with van der Waals surface area (Å²) in [6, 6.07) is 5.54. The molecule has 0 aliphatic carbocycles. The molecule has 18 heavy (non-hydrogen) atoms. The molecule has 1 fully saturated rings. The fraction of sp³-hybridized carbons (Fsp3) is 0.455. The second-order valence-corrected chi connectivity index (χ2v) is 3.91. The Kier molecular flexibility index (Phi) is 6.81. The first kappa shape index (κ1) is 17.4. The molecule has 1 aliphatic rings. The van der Waals surface area contributed by atoms with Gasteiger partial charge in [0, 0.05) is 18.3 Å². The first-order valence-electron chi connectivity index (χ1n) is 5.20. The van der Waals surface area contributed by atoms with Crippen LogP contribution in [-0.2, 0) is 6.18 Å². The molecule has 1 heterocycles. The van der Waals surface area contributed by atoms with Crippen LogP contribution in [0.15, 0.2) is 24.3 Å². The number of hydrogen-bond donors (Lipinski definition) is 2. The van der Waals surface area contributed by atoms with Gasteiger partial charge in [-0.2, -0.15) is 13.2 Å². The van der Waals surface area contributed by atoms with Crippen LogP contribution in [0.3, 0.4) is 0 Å². The number of halogens is 5. The molecule has 2 N–H and O–H groups in total. The second kappa shape index (κ2) is 7.07. The van der Waals surface area contributed by atoms with Crippen molar-refractivity contribution in [3.05, 3.63) is 29.8 Å². The molecule has 0 aromatic heterocycles. The molecule has 1 aromatic carbocycles. The van der Waals surface area contributed by atoms with E-state index in [1.807, 2.05) is 0 Å². The van der Waals surface area contributed by atoms with E-state index in [1.54, 1.807) is 6.07 Å². The van der Waals surface area contributed by atoms with Crippen LogP contribution in [0.5, 0.6) is 0 Å². The van der Waals surface area contributed by atoms with Crippen LogP contribution in [-0.4, -0.2) is 19.1 Å². The zero-order valence-electron chi connectivity index (χ0n) is 9.46. The summed E-state index contributed by atoms with van der Waals surface area (Å²) in [5, 5.41) is 6.24. The van der Waals surface area contributed by atoms with E-state index in [-0.39, 0.29) is 30.9 Å². The van der Waals surface area contributed by atoms with Gasteiger partial charge < -0.3 is 10.6 Å². The van der Waals surface area contributed by atoms with Gasteiger partial charge in [-0.1, -0.05) is 6.07 Å². The topological polar surface area (TPSA) is 24.1 Å². The minimum Gasteiger partial charge on any atom is -0.381 e. The molecule has 0 bridgehead atoms. The number of alkyl halides is 3. The van der Waals surface area contributed by atoms with Gasteiger partial charge in [-0.3, -0.25) is 0 Å². The lowest BCUT2D eigenvalue weighted by atomic mass is 10.1. The molecule has 0 amide bonds. The van der Waals surface area contributed by atoms with Gasteiger partial charge in [0.25, 0.3) is 0 Å². The highest BCUT2D eigenvalue weighted by atomic mass is 35.5. The van der Waals surface area contributed by atoms with Crippen molar-refractivity contribution in [1.82, 2.24) is 5.32 Å². The third-order valence-corrected chi connectivity index (χ3v) is 2.62. The molecular weight excluding hydrogens is 288 g/mol. The Labute approximate surface area is 116 Å². The maximum atomic E-state index is 12.4. The number of rotatable bonds is 2.